The van der Waals surface area contributed by atoms with Gasteiger partial charge in [-0.3, -0.25) is 4.79 Å². The average Bonchev–Trinajstić information content (AvgIpc) is 2.24. The molecule has 3 nitrogen and oxygen atoms in total. The van der Waals surface area contributed by atoms with Crippen LogP contribution in [0.4, 0.5) is 13.2 Å². The molecule has 1 aromatic rings. The van der Waals surface area contributed by atoms with Crippen molar-refractivity contribution in [3.05, 3.63) is 35.1 Å². The maximum Gasteiger partial charge on any atom is 0.195 e. The number of hydrogen-bond donors (Lipinski definition) is 0. The molecule has 0 radical (unpaired) electrons. The predicted octanol–water partition coefficient (Wildman–Crippen LogP) is 2.11. The zero-order valence-electron chi connectivity index (χ0n) is 9.54. The molecule has 0 aliphatic heterocycles. The molecule has 18 heavy (non-hydrogen) atoms. The molecule has 0 aliphatic carbocycles. The summed E-state index contributed by atoms with van der Waals surface area (Å²) in [6, 6.07) is 1.50. The molecule has 7 heteroatoms. The van der Waals surface area contributed by atoms with E-state index in [1.165, 1.54) is 0 Å². The molecule has 0 unspecified atom stereocenters. The van der Waals surface area contributed by atoms with Gasteiger partial charge in [-0.05, 0) is 18.6 Å². The van der Waals surface area contributed by atoms with Crippen LogP contribution in [0.3, 0.4) is 0 Å². The van der Waals surface area contributed by atoms with Gasteiger partial charge in [0.05, 0.1) is 11.3 Å². The van der Waals surface area contributed by atoms with E-state index in [4.69, 9.17) is 0 Å². The summed E-state index contributed by atoms with van der Waals surface area (Å²) in [7, 11) is -3.21. The Morgan fingerprint density at radius 2 is 1.78 bits per heavy atom. The van der Waals surface area contributed by atoms with E-state index in [1.807, 2.05) is 0 Å². The highest BCUT2D eigenvalue weighted by atomic mass is 32.2. The molecule has 0 N–H and O–H groups in total. The molecule has 0 amide bonds. The first-order valence-electron chi connectivity index (χ1n) is 5.07. The highest BCUT2D eigenvalue weighted by Gasteiger charge is 2.18. The Labute approximate surface area is 103 Å². The van der Waals surface area contributed by atoms with Gasteiger partial charge in [0.2, 0.25) is 0 Å². The lowest BCUT2D eigenvalue weighted by Crippen LogP contribution is -2.09. The number of hydrogen-bond acceptors (Lipinski definition) is 3. The van der Waals surface area contributed by atoms with Gasteiger partial charge in [-0.15, -0.1) is 0 Å². The molecule has 0 bridgehead atoms. The lowest BCUT2D eigenvalue weighted by Gasteiger charge is -2.03. The van der Waals surface area contributed by atoms with Crippen LogP contribution in [-0.2, 0) is 9.84 Å². The van der Waals surface area contributed by atoms with Gasteiger partial charge in [0.1, 0.15) is 9.84 Å². The van der Waals surface area contributed by atoms with Crippen LogP contribution in [0.25, 0.3) is 0 Å². The molecular weight excluding hydrogens is 269 g/mol. The quantitative estimate of drug-likeness (QED) is 0.613. The van der Waals surface area contributed by atoms with Crippen LogP contribution in [0.5, 0.6) is 0 Å². The van der Waals surface area contributed by atoms with E-state index in [0.717, 1.165) is 12.3 Å². The fraction of sp³-hybridized carbons (Fsp3) is 0.364. The number of Topliss-reactive ketones (excluding diaryl/α,β-unsaturated/α-hetero) is 1. The standard InChI is InChI=1S/C11H11F3O3S/c1-18(16,17)6-2-3-9(15)7-4-5-8(12)11(14)10(7)13/h4-5H,2-3,6H2,1H3. The molecular formula is C11H11F3O3S. The minimum Gasteiger partial charge on any atom is -0.294 e. The zero-order chi connectivity index (χ0) is 13.9. The van der Waals surface area contributed by atoms with Gasteiger partial charge in [0.25, 0.3) is 0 Å². The summed E-state index contributed by atoms with van der Waals surface area (Å²) < 4.78 is 60.4. The SMILES string of the molecule is CS(=O)(=O)CCCC(=O)c1ccc(F)c(F)c1F. The lowest BCUT2D eigenvalue weighted by atomic mass is 10.1. The number of carbonyl (C=O) groups excluding carboxylic acids is 1. The first-order chi connectivity index (χ1) is 8.22. The number of benzene rings is 1. The van der Waals surface area contributed by atoms with Crippen LogP contribution in [0.2, 0.25) is 0 Å². The number of rotatable bonds is 5. The first-order valence-corrected chi connectivity index (χ1v) is 7.13. The van der Waals surface area contributed by atoms with Gasteiger partial charge in [0, 0.05) is 12.7 Å². The number of halogens is 3. The van der Waals surface area contributed by atoms with E-state index in [9.17, 15) is 26.4 Å². The van der Waals surface area contributed by atoms with Crippen LogP contribution >= 0.6 is 0 Å². The van der Waals surface area contributed by atoms with Crippen molar-refractivity contribution in [2.75, 3.05) is 12.0 Å². The van der Waals surface area contributed by atoms with Gasteiger partial charge in [-0.1, -0.05) is 0 Å². The van der Waals surface area contributed by atoms with Crippen molar-refractivity contribution in [3.8, 4) is 0 Å². The maximum atomic E-state index is 13.2. The topological polar surface area (TPSA) is 51.2 Å². The monoisotopic (exact) mass is 280 g/mol. The van der Waals surface area contributed by atoms with Crippen LogP contribution < -0.4 is 0 Å². The van der Waals surface area contributed by atoms with Gasteiger partial charge >= 0.3 is 0 Å². The summed E-state index contributed by atoms with van der Waals surface area (Å²) in [5.74, 6) is -5.59. The number of sulfone groups is 1. The van der Waals surface area contributed by atoms with Crippen LogP contribution in [0, 0.1) is 17.5 Å². The van der Waals surface area contributed by atoms with Crippen LogP contribution in [0.1, 0.15) is 23.2 Å². The second-order valence-electron chi connectivity index (χ2n) is 3.88. The molecule has 1 aromatic carbocycles. The predicted molar refractivity (Wildman–Crippen MR) is 59.6 cm³/mol. The molecule has 0 saturated heterocycles. The smallest absolute Gasteiger partial charge is 0.195 e. The Bertz CT molecular complexity index is 567. The van der Waals surface area contributed by atoms with Gasteiger partial charge in [-0.25, -0.2) is 21.6 Å². The molecule has 1 rings (SSSR count). The van der Waals surface area contributed by atoms with E-state index in [2.05, 4.69) is 0 Å². The van der Waals surface area contributed by atoms with Gasteiger partial charge in [0.15, 0.2) is 23.2 Å². The summed E-state index contributed by atoms with van der Waals surface area (Å²) in [5.41, 5.74) is -0.567. The number of carbonyl (C=O) groups is 1. The third-order valence-electron chi connectivity index (χ3n) is 2.25. The summed E-state index contributed by atoms with van der Waals surface area (Å²) in [4.78, 5) is 11.5. The second-order valence-corrected chi connectivity index (χ2v) is 6.14. The van der Waals surface area contributed by atoms with E-state index in [-0.39, 0.29) is 18.6 Å². The fourth-order valence-electron chi connectivity index (χ4n) is 1.37. The molecule has 0 aromatic heterocycles. The van der Waals surface area contributed by atoms with E-state index >= 15 is 0 Å². The zero-order valence-corrected chi connectivity index (χ0v) is 10.4. The molecule has 0 fully saturated rings. The first kappa shape index (κ1) is 14.7. The Kier molecular flexibility index (Phi) is 4.50. The largest absolute Gasteiger partial charge is 0.294 e. The van der Waals surface area contributed by atoms with E-state index in [0.29, 0.717) is 6.07 Å². The van der Waals surface area contributed by atoms with Crippen molar-refractivity contribution in [2.24, 2.45) is 0 Å². The van der Waals surface area contributed by atoms with Gasteiger partial charge < -0.3 is 0 Å². The Hall–Kier alpha value is -1.37. The molecule has 0 heterocycles. The van der Waals surface area contributed by atoms with Crippen LogP contribution in [0.15, 0.2) is 12.1 Å². The number of ketones is 1. The van der Waals surface area contributed by atoms with Crippen molar-refractivity contribution < 1.29 is 26.4 Å². The summed E-state index contributed by atoms with van der Waals surface area (Å²) in [5, 5.41) is 0. The Balaban J connectivity index is 2.77. The van der Waals surface area contributed by atoms with E-state index < -0.39 is 38.6 Å². The fourth-order valence-corrected chi connectivity index (χ4v) is 2.04. The Morgan fingerprint density at radius 1 is 1.17 bits per heavy atom. The third kappa shape index (κ3) is 3.83. The Morgan fingerprint density at radius 3 is 2.33 bits per heavy atom. The highest BCUT2D eigenvalue weighted by molar-refractivity contribution is 7.90. The van der Waals surface area contributed by atoms with Crippen LogP contribution in [-0.4, -0.2) is 26.2 Å². The summed E-state index contributed by atoms with van der Waals surface area (Å²) in [6.45, 7) is 0. The van der Waals surface area contributed by atoms with Crippen molar-refractivity contribution in [2.45, 2.75) is 12.8 Å². The van der Waals surface area contributed by atoms with Crippen molar-refractivity contribution in [1.82, 2.24) is 0 Å². The molecule has 0 atom stereocenters. The lowest BCUT2D eigenvalue weighted by molar-refractivity contribution is 0.0977. The van der Waals surface area contributed by atoms with Crippen molar-refractivity contribution in [3.63, 3.8) is 0 Å². The minimum atomic E-state index is -3.21. The normalized spacial score (nSPS) is 11.6. The van der Waals surface area contributed by atoms with Gasteiger partial charge in [-0.2, -0.15) is 0 Å². The second kappa shape index (κ2) is 5.51. The van der Waals surface area contributed by atoms with E-state index in [1.54, 1.807) is 0 Å². The molecule has 0 spiro atoms. The summed E-state index contributed by atoms with van der Waals surface area (Å²) >= 11 is 0. The van der Waals surface area contributed by atoms with Crippen molar-refractivity contribution in [1.29, 1.82) is 0 Å². The van der Waals surface area contributed by atoms with Crippen molar-refractivity contribution >= 4 is 15.6 Å². The highest BCUT2D eigenvalue weighted by Crippen LogP contribution is 2.17. The average molecular weight is 280 g/mol. The minimum absolute atomic E-state index is 0.0100. The third-order valence-corrected chi connectivity index (χ3v) is 3.28. The molecule has 0 aliphatic rings. The molecule has 0 saturated carbocycles. The molecule has 100 valence electrons. The maximum absolute atomic E-state index is 13.2. The summed E-state index contributed by atoms with van der Waals surface area (Å²) in [6.07, 6.45) is 0.779.